The van der Waals surface area contributed by atoms with Gasteiger partial charge in [0.15, 0.2) is 0 Å². The molecule has 0 heterocycles. The fraction of sp³-hybridized carbons (Fsp3) is 0.241. The molecular formula is C29H30. The molecule has 0 N–H and O–H groups in total. The summed E-state index contributed by atoms with van der Waals surface area (Å²) in [6, 6.07) is 18.1. The molecule has 0 saturated heterocycles. The summed E-state index contributed by atoms with van der Waals surface area (Å²) in [5.41, 5.74) is 9.57. The SMILES string of the molecule is Cc1ccc(/C(C2=CC=CC(C)C2)=C(/c2ccc(C)cc2)C2C=CC=CC2)cc1. The van der Waals surface area contributed by atoms with E-state index in [1.165, 1.54) is 39.0 Å². The van der Waals surface area contributed by atoms with E-state index in [0.717, 1.165) is 12.8 Å². The average molecular weight is 379 g/mol. The molecular weight excluding hydrogens is 348 g/mol. The number of benzene rings is 2. The van der Waals surface area contributed by atoms with Crippen LogP contribution in [-0.4, -0.2) is 0 Å². The molecule has 2 aromatic rings. The molecule has 2 aliphatic carbocycles. The van der Waals surface area contributed by atoms with Crippen molar-refractivity contribution in [1.29, 1.82) is 0 Å². The van der Waals surface area contributed by atoms with E-state index in [1.807, 2.05) is 0 Å². The highest BCUT2D eigenvalue weighted by Crippen LogP contribution is 2.42. The maximum atomic E-state index is 2.37. The number of rotatable bonds is 4. The predicted molar refractivity (Wildman–Crippen MR) is 127 cm³/mol. The molecule has 0 radical (unpaired) electrons. The zero-order chi connectivity index (χ0) is 20.2. The summed E-state index contributed by atoms with van der Waals surface area (Å²) >= 11 is 0. The highest BCUT2D eigenvalue weighted by molar-refractivity contribution is 6.00. The van der Waals surface area contributed by atoms with Crippen LogP contribution in [-0.2, 0) is 0 Å². The summed E-state index contributed by atoms with van der Waals surface area (Å²) in [4.78, 5) is 0. The summed E-state index contributed by atoms with van der Waals surface area (Å²) in [5, 5.41) is 0. The molecule has 29 heavy (non-hydrogen) atoms. The Labute approximate surface area is 175 Å². The molecule has 2 aliphatic rings. The molecule has 0 bridgehead atoms. The lowest BCUT2D eigenvalue weighted by Crippen LogP contribution is -2.09. The first-order valence-corrected chi connectivity index (χ1v) is 10.7. The van der Waals surface area contributed by atoms with Crippen molar-refractivity contribution in [3.8, 4) is 0 Å². The Hall–Kier alpha value is -2.86. The van der Waals surface area contributed by atoms with Gasteiger partial charge in [-0.3, -0.25) is 0 Å². The second-order valence-electron chi connectivity index (χ2n) is 8.43. The van der Waals surface area contributed by atoms with E-state index in [2.05, 4.69) is 112 Å². The molecule has 0 fully saturated rings. The summed E-state index contributed by atoms with van der Waals surface area (Å²) in [7, 11) is 0. The van der Waals surface area contributed by atoms with Crippen molar-refractivity contribution in [2.75, 3.05) is 0 Å². The van der Waals surface area contributed by atoms with Gasteiger partial charge in [-0.25, -0.2) is 0 Å². The highest BCUT2D eigenvalue weighted by atomic mass is 14.3. The molecule has 2 atom stereocenters. The number of hydrogen-bond donors (Lipinski definition) is 0. The lowest BCUT2D eigenvalue weighted by Gasteiger charge is -2.27. The van der Waals surface area contributed by atoms with E-state index >= 15 is 0 Å². The van der Waals surface area contributed by atoms with Crippen LogP contribution in [0.3, 0.4) is 0 Å². The van der Waals surface area contributed by atoms with Crippen LogP contribution in [0.25, 0.3) is 11.1 Å². The summed E-state index contributed by atoms with van der Waals surface area (Å²) in [6.45, 7) is 6.63. The van der Waals surface area contributed by atoms with Gasteiger partial charge in [-0.2, -0.15) is 0 Å². The molecule has 4 rings (SSSR count). The van der Waals surface area contributed by atoms with Crippen molar-refractivity contribution >= 4 is 11.1 Å². The molecule has 0 saturated carbocycles. The maximum Gasteiger partial charge on any atom is 0.00679 e. The van der Waals surface area contributed by atoms with Gasteiger partial charge in [-0.1, -0.05) is 109 Å². The van der Waals surface area contributed by atoms with Crippen molar-refractivity contribution in [1.82, 2.24) is 0 Å². The van der Waals surface area contributed by atoms with Gasteiger partial charge >= 0.3 is 0 Å². The minimum Gasteiger partial charge on any atom is -0.0836 e. The van der Waals surface area contributed by atoms with Crippen molar-refractivity contribution < 1.29 is 0 Å². The zero-order valence-electron chi connectivity index (χ0n) is 17.7. The van der Waals surface area contributed by atoms with Crippen LogP contribution in [0.5, 0.6) is 0 Å². The Kier molecular flexibility index (Phi) is 5.81. The lowest BCUT2D eigenvalue weighted by atomic mass is 9.77. The van der Waals surface area contributed by atoms with Gasteiger partial charge < -0.3 is 0 Å². The van der Waals surface area contributed by atoms with Gasteiger partial charge in [0.2, 0.25) is 0 Å². The van der Waals surface area contributed by atoms with Crippen LogP contribution < -0.4 is 0 Å². The number of allylic oxidation sites excluding steroid dienone is 10. The Morgan fingerprint density at radius 3 is 2.00 bits per heavy atom. The lowest BCUT2D eigenvalue weighted by molar-refractivity contribution is 0.719. The maximum absolute atomic E-state index is 2.37. The fourth-order valence-corrected chi connectivity index (χ4v) is 4.34. The van der Waals surface area contributed by atoms with Crippen LogP contribution in [0.15, 0.2) is 96.6 Å². The Balaban J connectivity index is 1.98. The van der Waals surface area contributed by atoms with Crippen LogP contribution in [0.2, 0.25) is 0 Å². The van der Waals surface area contributed by atoms with Gasteiger partial charge in [-0.05, 0) is 60.5 Å². The van der Waals surface area contributed by atoms with Gasteiger partial charge in [-0.15, -0.1) is 0 Å². The summed E-state index contributed by atoms with van der Waals surface area (Å²) in [6.07, 6.45) is 18.0. The molecule has 0 amide bonds. The average Bonchev–Trinajstić information content (AvgIpc) is 2.74. The largest absolute Gasteiger partial charge is 0.0836 e. The second kappa shape index (κ2) is 8.66. The molecule has 0 aromatic heterocycles. The monoisotopic (exact) mass is 378 g/mol. The van der Waals surface area contributed by atoms with Crippen LogP contribution in [0.1, 0.15) is 42.0 Å². The van der Waals surface area contributed by atoms with E-state index < -0.39 is 0 Å². The Bertz CT molecular complexity index is 1000. The highest BCUT2D eigenvalue weighted by Gasteiger charge is 2.23. The molecule has 0 spiro atoms. The normalized spacial score (nSPS) is 21.7. The second-order valence-corrected chi connectivity index (χ2v) is 8.43. The third kappa shape index (κ3) is 4.43. The van der Waals surface area contributed by atoms with Crippen molar-refractivity contribution in [3.05, 3.63) is 119 Å². The minimum absolute atomic E-state index is 0.390. The van der Waals surface area contributed by atoms with Crippen LogP contribution in [0.4, 0.5) is 0 Å². The first kappa shape index (κ1) is 19.5. The first-order chi connectivity index (χ1) is 14.1. The molecule has 0 aliphatic heterocycles. The van der Waals surface area contributed by atoms with E-state index in [-0.39, 0.29) is 0 Å². The van der Waals surface area contributed by atoms with Crippen molar-refractivity contribution in [3.63, 3.8) is 0 Å². The van der Waals surface area contributed by atoms with E-state index in [1.54, 1.807) is 0 Å². The predicted octanol–water partition coefficient (Wildman–Crippen LogP) is 7.87. The van der Waals surface area contributed by atoms with Gasteiger partial charge in [0.1, 0.15) is 0 Å². The van der Waals surface area contributed by atoms with E-state index in [0.29, 0.717) is 11.8 Å². The minimum atomic E-state index is 0.390. The number of aryl methyl sites for hydroxylation is 2. The summed E-state index contributed by atoms with van der Waals surface area (Å²) in [5.74, 6) is 0.956. The molecule has 2 aromatic carbocycles. The Morgan fingerprint density at radius 1 is 0.759 bits per heavy atom. The summed E-state index contributed by atoms with van der Waals surface area (Å²) < 4.78 is 0. The fourth-order valence-electron chi connectivity index (χ4n) is 4.34. The molecule has 2 unspecified atom stereocenters. The quantitative estimate of drug-likeness (QED) is 0.475. The van der Waals surface area contributed by atoms with Crippen molar-refractivity contribution in [2.24, 2.45) is 11.8 Å². The van der Waals surface area contributed by atoms with E-state index in [4.69, 9.17) is 0 Å². The van der Waals surface area contributed by atoms with Crippen LogP contribution in [0, 0.1) is 25.7 Å². The molecule has 146 valence electrons. The van der Waals surface area contributed by atoms with Gasteiger partial charge in [0, 0.05) is 5.92 Å². The van der Waals surface area contributed by atoms with Gasteiger partial charge in [0.25, 0.3) is 0 Å². The topological polar surface area (TPSA) is 0 Å². The van der Waals surface area contributed by atoms with Crippen LogP contribution >= 0.6 is 0 Å². The third-order valence-electron chi connectivity index (χ3n) is 5.92. The smallest absolute Gasteiger partial charge is 0.00679 e. The third-order valence-corrected chi connectivity index (χ3v) is 5.92. The molecule has 0 heteroatoms. The standard InChI is InChI=1S/C29H30/c1-21-12-16-25(17-13-21)28(24-9-5-4-6-10-24)29(26-18-14-22(2)15-19-26)27-11-7-8-23(3)20-27/h4-9,11-19,23-24H,10,20H2,1-3H3/b29-28-. The van der Waals surface area contributed by atoms with Crippen molar-refractivity contribution in [2.45, 2.75) is 33.6 Å². The first-order valence-electron chi connectivity index (χ1n) is 10.7. The van der Waals surface area contributed by atoms with E-state index in [9.17, 15) is 0 Å². The zero-order valence-corrected chi connectivity index (χ0v) is 17.7. The van der Waals surface area contributed by atoms with Gasteiger partial charge in [0.05, 0.1) is 0 Å². The number of hydrogen-bond acceptors (Lipinski definition) is 0. The Morgan fingerprint density at radius 2 is 1.41 bits per heavy atom. The molecule has 0 nitrogen and oxygen atoms in total.